The third-order valence-electron chi connectivity index (χ3n) is 3.78. The van der Waals surface area contributed by atoms with Gasteiger partial charge in [-0.15, -0.1) is 6.54 Å². The van der Waals surface area contributed by atoms with Crippen molar-refractivity contribution in [2.24, 2.45) is 0 Å². The van der Waals surface area contributed by atoms with Crippen LogP contribution in [0.3, 0.4) is 0 Å². The topological polar surface area (TPSA) is 88.5 Å². The van der Waals surface area contributed by atoms with Crippen LogP contribution >= 0.6 is 7.60 Å². The molecule has 146 valence electrons. The Balaban J connectivity index is 0.00000576. The molecule has 0 saturated carbocycles. The molecule has 0 radical (unpaired) electrons. The first-order valence-electron chi connectivity index (χ1n) is 8.73. The molecule has 0 aromatic heterocycles. The van der Waals surface area contributed by atoms with Crippen molar-refractivity contribution < 1.29 is 44.4 Å². The number of hydrogen-bond donors (Lipinski definition) is 1. The molecule has 0 bridgehead atoms. The second kappa shape index (κ2) is 15.4. The predicted molar refractivity (Wildman–Crippen MR) is 94.7 cm³/mol. The summed E-state index contributed by atoms with van der Waals surface area (Å²) in [6.45, 7) is 10.6. The molecule has 1 fully saturated rings. The quantitative estimate of drug-likeness (QED) is 0.321. The van der Waals surface area contributed by atoms with Crippen LogP contribution in [-0.2, 0) is 39.5 Å². The Bertz CT molecular complexity index is 383. The molecule has 1 aliphatic heterocycles. The molecule has 1 heterocycles. The maximum Gasteiger partial charge on any atom is 2.00 e. The Morgan fingerprint density at radius 3 is 2.28 bits per heavy atom. The Kier molecular flexibility index (Phi) is 15.6. The third kappa shape index (κ3) is 11.6. The minimum atomic E-state index is -3.04. The number of amides is 1. The fourth-order valence-electron chi connectivity index (χ4n) is 2.47. The zero-order valence-corrected chi connectivity index (χ0v) is 18.2. The van der Waals surface area contributed by atoms with Crippen molar-refractivity contribution in [3.63, 3.8) is 0 Å². The van der Waals surface area contributed by atoms with Gasteiger partial charge in [0, 0.05) is 19.6 Å². The maximum atomic E-state index is 12.6. The molecule has 1 unspecified atom stereocenters. The Morgan fingerprint density at radius 1 is 1.04 bits per heavy atom. The van der Waals surface area contributed by atoms with E-state index >= 15 is 0 Å². The van der Waals surface area contributed by atoms with E-state index in [2.05, 4.69) is 15.5 Å². The first kappa shape index (κ1) is 25.3. The first-order valence-corrected chi connectivity index (χ1v) is 10.5. The summed E-state index contributed by atoms with van der Waals surface area (Å²) in [7, 11) is -3.04. The van der Waals surface area contributed by atoms with Crippen LogP contribution < -0.4 is 4.90 Å². The minimum Gasteiger partial charge on any atom is -0.663 e. The van der Waals surface area contributed by atoms with Crippen LogP contribution in [0.1, 0.15) is 13.8 Å². The molecule has 1 aliphatic rings. The van der Waals surface area contributed by atoms with Gasteiger partial charge in [-0.3, -0.25) is 9.46 Å². The van der Waals surface area contributed by atoms with Gasteiger partial charge in [-0.2, -0.15) is 13.1 Å². The molecule has 1 N–H and O–H groups in total. The van der Waals surface area contributed by atoms with E-state index in [0.29, 0.717) is 65.2 Å². The van der Waals surface area contributed by atoms with Crippen molar-refractivity contribution in [3.05, 3.63) is 10.6 Å². The molecular formula is C15H31MoN4O4P. The number of quaternary nitrogens is 1. The van der Waals surface area contributed by atoms with Crippen LogP contribution in [0, 0.1) is 0 Å². The van der Waals surface area contributed by atoms with Gasteiger partial charge in [0.2, 0.25) is 0 Å². The minimum absolute atomic E-state index is 0. The van der Waals surface area contributed by atoms with Gasteiger partial charge in [-0.05, 0) is 26.8 Å². The summed E-state index contributed by atoms with van der Waals surface area (Å²) in [5.74, 6) is 0. The van der Waals surface area contributed by atoms with Gasteiger partial charge >= 0.3 is 28.7 Å². The van der Waals surface area contributed by atoms with E-state index in [-0.39, 0.29) is 21.1 Å². The predicted octanol–water partition coefficient (Wildman–Crippen LogP) is 0.265. The van der Waals surface area contributed by atoms with E-state index in [1.807, 2.05) is 20.3 Å². The normalized spacial score (nSPS) is 21.6. The Morgan fingerprint density at radius 2 is 1.68 bits per heavy atom. The SMILES string of the molecule is CCOP(=O)(CCN1CC[N-]CC[N-]CC[NH+]([C-]=O)CC1)OCC.[Mo+2]. The smallest absolute Gasteiger partial charge is 0.663 e. The molecular weight excluding hydrogens is 427 g/mol. The average molecular weight is 458 g/mol. The van der Waals surface area contributed by atoms with E-state index in [1.54, 1.807) is 0 Å². The largest absolute Gasteiger partial charge is 2.00 e. The summed E-state index contributed by atoms with van der Waals surface area (Å²) in [4.78, 5) is 14.0. The van der Waals surface area contributed by atoms with E-state index in [1.165, 1.54) is 0 Å². The second-order valence-corrected chi connectivity index (χ2v) is 7.74. The van der Waals surface area contributed by atoms with Gasteiger partial charge in [0.05, 0.1) is 25.9 Å². The van der Waals surface area contributed by atoms with Gasteiger partial charge in [-0.25, -0.2) is 0 Å². The standard InChI is InChI=1S/C15H31N4O4P.Mo/c1-3-22-24(21,23-4-2)14-13-18-9-7-16-5-6-17-8-10-19(15-20)12-11-18;/h19H,3-14H2,1-2H3;/q-2;+2. The number of rotatable bonds is 8. The molecule has 1 amide bonds. The summed E-state index contributed by atoms with van der Waals surface area (Å²) in [6.07, 6.45) is 2.39. The van der Waals surface area contributed by atoms with Crippen molar-refractivity contribution in [1.29, 1.82) is 0 Å². The fraction of sp³-hybridized carbons (Fsp3) is 0.933. The Hall–Kier alpha value is 0.348. The van der Waals surface area contributed by atoms with E-state index in [0.717, 1.165) is 18.0 Å². The van der Waals surface area contributed by atoms with Gasteiger partial charge < -0.3 is 29.4 Å². The van der Waals surface area contributed by atoms with Crippen molar-refractivity contribution >= 4 is 14.0 Å². The van der Waals surface area contributed by atoms with Crippen LogP contribution in [0.15, 0.2) is 0 Å². The van der Waals surface area contributed by atoms with Crippen molar-refractivity contribution in [1.82, 2.24) is 4.90 Å². The summed E-state index contributed by atoms with van der Waals surface area (Å²) < 4.78 is 23.3. The van der Waals surface area contributed by atoms with Gasteiger partial charge in [0.15, 0.2) is 0 Å². The second-order valence-electron chi connectivity index (χ2n) is 5.56. The average Bonchev–Trinajstić information content (AvgIpc) is 2.55. The molecule has 0 aromatic carbocycles. The molecule has 0 spiro atoms. The van der Waals surface area contributed by atoms with Crippen LogP contribution in [0.2, 0.25) is 0 Å². The molecule has 1 rings (SSSR count). The third-order valence-corrected chi connectivity index (χ3v) is 5.83. The number of nitrogens with one attached hydrogen (secondary N) is 1. The van der Waals surface area contributed by atoms with E-state index in [4.69, 9.17) is 9.05 Å². The van der Waals surface area contributed by atoms with Crippen LogP contribution in [-0.4, -0.2) is 89.6 Å². The zero-order valence-electron chi connectivity index (χ0n) is 15.3. The van der Waals surface area contributed by atoms with Crippen molar-refractivity contribution in [2.45, 2.75) is 13.8 Å². The number of carbonyl (C=O) groups excluding carboxylic acids is 1. The number of hydrogen-bond acceptors (Lipinski definition) is 5. The summed E-state index contributed by atoms with van der Waals surface area (Å²) in [5, 5.41) is 8.81. The molecule has 0 aromatic rings. The van der Waals surface area contributed by atoms with Crippen molar-refractivity contribution in [3.8, 4) is 0 Å². The first-order chi connectivity index (χ1) is 11.6. The Labute approximate surface area is 166 Å². The monoisotopic (exact) mass is 460 g/mol. The summed E-state index contributed by atoms with van der Waals surface area (Å²) >= 11 is 0. The van der Waals surface area contributed by atoms with Crippen LogP contribution in [0.5, 0.6) is 0 Å². The van der Waals surface area contributed by atoms with Gasteiger partial charge in [0.25, 0.3) is 0 Å². The fourth-order valence-corrected chi connectivity index (χ4v) is 4.12. The van der Waals surface area contributed by atoms with E-state index < -0.39 is 7.60 Å². The van der Waals surface area contributed by atoms with Gasteiger partial charge in [0.1, 0.15) is 0 Å². The molecule has 25 heavy (non-hydrogen) atoms. The molecule has 0 aliphatic carbocycles. The zero-order chi connectivity index (χ0) is 17.7. The molecule has 1 saturated heterocycles. The number of nitrogens with zero attached hydrogens (tertiary/aromatic N) is 3. The molecule has 8 nitrogen and oxygen atoms in total. The van der Waals surface area contributed by atoms with Crippen LogP contribution in [0.4, 0.5) is 0 Å². The van der Waals surface area contributed by atoms with Gasteiger partial charge in [-0.1, -0.05) is 6.54 Å². The van der Waals surface area contributed by atoms with E-state index in [9.17, 15) is 9.36 Å². The summed E-state index contributed by atoms with van der Waals surface area (Å²) in [5.41, 5.74) is 0. The maximum absolute atomic E-state index is 12.6. The van der Waals surface area contributed by atoms with Crippen LogP contribution in [0.25, 0.3) is 10.6 Å². The molecule has 1 atom stereocenters. The summed E-state index contributed by atoms with van der Waals surface area (Å²) in [6, 6.07) is 0. The molecule has 10 heteroatoms. The van der Waals surface area contributed by atoms with Crippen molar-refractivity contribution in [2.75, 3.05) is 78.3 Å².